The highest BCUT2D eigenvalue weighted by molar-refractivity contribution is 5.78. The van der Waals surface area contributed by atoms with Crippen LogP contribution in [0.3, 0.4) is 0 Å². The molecule has 0 spiro atoms. The summed E-state index contributed by atoms with van der Waals surface area (Å²) in [6, 6.07) is 5.61. The van der Waals surface area contributed by atoms with Crippen LogP contribution in [0.5, 0.6) is 0 Å². The van der Waals surface area contributed by atoms with E-state index in [1.165, 1.54) is 0 Å². The number of nitrogens with zero attached hydrogens (tertiary/aromatic N) is 1. The van der Waals surface area contributed by atoms with E-state index in [2.05, 4.69) is 4.90 Å². The van der Waals surface area contributed by atoms with Crippen molar-refractivity contribution in [3.8, 4) is 0 Å². The van der Waals surface area contributed by atoms with E-state index < -0.39 is 0 Å². The Morgan fingerprint density at radius 1 is 1.50 bits per heavy atom. The summed E-state index contributed by atoms with van der Waals surface area (Å²) in [5, 5.41) is 9.19. The predicted molar refractivity (Wildman–Crippen MR) is 54.8 cm³/mol. The first-order valence-corrected chi connectivity index (χ1v) is 4.69. The number of rotatable bonds is 2. The normalized spacial score (nSPS) is 16.6. The van der Waals surface area contributed by atoms with Crippen molar-refractivity contribution in [3.05, 3.63) is 29.3 Å². The summed E-state index contributed by atoms with van der Waals surface area (Å²) in [4.78, 5) is 12.7. The van der Waals surface area contributed by atoms with E-state index in [9.17, 15) is 9.90 Å². The molecule has 0 aliphatic carbocycles. The van der Waals surface area contributed by atoms with Crippen molar-refractivity contribution in [3.63, 3.8) is 0 Å². The van der Waals surface area contributed by atoms with Crippen molar-refractivity contribution in [1.29, 1.82) is 0 Å². The summed E-state index contributed by atoms with van der Waals surface area (Å²) >= 11 is 0. The highest BCUT2D eigenvalue weighted by Crippen LogP contribution is 2.25. The van der Waals surface area contributed by atoms with E-state index in [0.29, 0.717) is 18.7 Å². The van der Waals surface area contributed by atoms with Gasteiger partial charge >= 0.3 is 0 Å². The molecule has 1 aromatic rings. The molecule has 74 valence electrons. The van der Waals surface area contributed by atoms with Crippen molar-refractivity contribution < 1.29 is 9.90 Å². The van der Waals surface area contributed by atoms with E-state index in [-0.39, 0.29) is 6.10 Å². The quantitative estimate of drug-likeness (QED) is 0.709. The monoisotopic (exact) mass is 191 g/mol. The second-order valence-electron chi connectivity index (χ2n) is 3.72. The van der Waals surface area contributed by atoms with E-state index in [1.807, 2.05) is 25.1 Å². The molecule has 3 nitrogen and oxygen atoms in total. The van der Waals surface area contributed by atoms with Crippen LogP contribution in [0, 0.1) is 6.92 Å². The van der Waals surface area contributed by atoms with E-state index in [4.69, 9.17) is 0 Å². The fraction of sp³-hybridized carbons (Fsp3) is 0.364. The number of aliphatic hydroxyl groups excluding tert-OH is 1. The molecule has 1 aliphatic rings. The van der Waals surface area contributed by atoms with Crippen LogP contribution in [0.25, 0.3) is 0 Å². The van der Waals surface area contributed by atoms with Crippen LogP contribution in [0.1, 0.15) is 15.9 Å². The summed E-state index contributed by atoms with van der Waals surface area (Å²) in [5.74, 6) is 0. The second-order valence-corrected chi connectivity index (χ2v) is 3.72. The number of carbonyl (C=O) groups excluding carboxylic acids is 1. The zero-order valence-corrected chi connectivity index (χ0v) is 8.10. The molecule has 2 rings (SSSR count). The Morgan fingerprint density at radius 3 is 2.79 bits per heavy atom. The van der Waals surface area contributed by atoms with Crippen LogP contribution in [0.4, 0.5) is 5.69 Å². The fourth-order valence-electron chi connectivity index (χ4n) is 1.69. The molecular weight excluding hydrogens is 178 g/mol. The molecule has 0 aromatic heterocycles. The van der Waals surface area contributed by atoms with Gasteiger partial charge in [-0.15, -0.1) is 0 Å². The average molecular weight is 191 g/mol. The summed E-state index contributed by atoms with van der Waals surface area (Å²) in [5.41, 5.74) is 2.88. The number of β-amino-alcohol motifs (C(OH)–C–C–N with tert-alkyl or cyclic N) is 1. The van der Waals surface area contributed by atoms with Crippen molar-refractivity contribution in [2.75, 3.05) is 18.0 Å². The summed E-state index contributed by atoms with van der Waals surface area (Å²) < 4.78 is 0. The molecule has 1 N–H and O–H groups in total. The maximum Gasteiger partial charge on any atom is 0.150 e. The molecule has 0 unspecified atom stereocenters. The van der Waals surface area contributed by atoms with Gasteiger partial charge in [0.15, 0.2) is 0 Å². The molecule has 3 heteroatoms. The molecule has 0 atom stereocenters. The molecule has 1 heterocycles. The van der Waals surface area contributed by atoms with E-state index >= 15 is 0 Å². The van der Waals surface area contributed by atoms with Crippen LogP contribution < -0.4 is 4.90 Å². The molecular formula is C11H13NO2. The van der Waals surface area contributed by atoms with Gasteiger partial charge in [0.05, 0.1) is 6.10 Å². The Morgan fingerprint density at radius 2 is 2.21 bits per heavy atom. The first kappa shape index (κ1) is 9.21. The van der Waals surface area contributed by atoms with Gasteiger partial charge in [0.25, 0.3) is 0 Å². The van der Waals surface area contributed by atoms with E-state index in [0.717, 1.165) is 17.5 Å². The summed E-state index contributed by atoms with van der Waals surface area (Å²) in [6.45, 7) is 3.35. The third kappa shape index (κ3) is 1.51. The Kier molecular flexibility index (Phi) is 2.25. The number of aldehydes is 1. The minimum Gasteiger partial charge on any atom is -0.389 e. The molecule has 0 saturated carbocycles. The Hall–Kier alpha value is -1.35. The topological polar surface area (TPSA) is 40.5 Å². The first-order chi connectivity index (χ1) is 6.70. The minimum absolute atomic E-state index is 0.214. The zero-order valence-electron chi connectivity index (χ0n) is 8.10. The van der Waals surface area contributed by atoms with Crippen LogP contribution in [-0.2, 0) is 0 Å². The minimum atomic E-state index is -0.214. The van der Waals surface area contributed by atoms with Gasteiger partial charge < -0.3 is 10.0 Å². The maximum absolute atomic E-state index is 10.6. The number of aliphatic hydroxyl groups is 1. The van der Waals surface area contributed by atoms with Gasteiger partial charge in [0.1, 0.15) is 6.29 Å². The summed E-state index contributed by atoms with van der Waals surface area (Å²) in [6.07, 6.45) is 0.633. The third-order valence-corrected chi connectivity index (χ3v) is 2.57. The number of hydrogen-bond acceptors (Lipinski definition) is 3. The van der Waals surface area contributed by atoms with E-state index in [1.54, 1.807) is 0 Å². The zero-order chi connectivity index (χ0) is 10.1. The Bertz CT molecular complexity index is 356. The lowest BCUT2D eigenvalue weighted by Crippen LogP contribution is -2.51. The van der Waals surface area contributed by atoms with Gasteiger partial charge in [-0.1, -0.05) is 12.1 Å². The molecule has 14 heavy (non-hydrogen) atoms. The molecule has 0 bridgehead atoms. The van der Waals surface area contributed by atoms with Crippen molar-refractivity contribution >= 4 is 12.0 Å². The lowest BCUT2D eigenvalue weighted by atomic mass is 10.1. The number of aryl methyl sites for hydroxylation is 1. The van der Waals surface area contributed by atoms with Crippen LogP contribution in [0.15, 0.2) is 18.2 Å². The number of anilines is 1. The Balaban J connectivity index is 2.27. The first-order valence-electron chi connectivity index (χ1n) is 4.69. The number of carbonyl (C=O) groups is 1. The van der Waals surface area contributed by atoms with Gasteiger partial charge in [-0.05, 0) is 18.6 Å². The molecule has 0 radical (unpaired) electrons. The highest BCUT2D eigenvalue weighted by Gasteiger charge is 2.25. The fourth-order valence-corrected chi connectivity index (χ4v) is 1.69. The standard InChI is InChI=1S/C11H13NO2/c1-8-2-3-9(7-13)4-11(8)12-5-10(14)6-12/h2-4,7,10,14H,5-6H2,1H3. The molecule has 0 amide bonds. The molecule has 1 aromatic carbocycles. The van der Waals surface area contributed by atoms with Gasteiger partial charge in [0, 0.05) is 24.3 Å². The van der Waals surface area contributed by atoms with Crippen LogP contribution in [-0.4, -0.2) is 30.6 Å². The second kappa shape index (κ2) is 3.42. The largest absolute Gasteiger partial charge is 0.389 e. The number of benzene rings is 1. The maximum atomic E-state index is 10.6. The van der Waals surface area contributed by atoms with Crippen molar-refractivity contribution in [1.82, 2.24) is 0 Å². The lowest BCUT2D eigenvalue weighted by molar-refractivity contribution is 0.112. The van der Waals surface area contributed by atoms with Crippen molar-refractivity contribution in [2.24, 2.45) is 0 Å². The van der Waals surface area contributed by atoms with Gasteiger partial charge in [-0.25, -0.2) is 0 Å². The van der Waals surface area contributed by atoms with Crippen LogP contribution >= 0.6 is 0 Å². The predicted octanol–water partition coefficient (Wildman–Crippen LogP) is 0.988. The van der Waals surface area contributed by atoms with Crippen LogP contribution in [0.2, 0.25) is 0 Å². The third-order valence-electron chi connectivity index (χ3n) is 2.57. The Labute approximate surface area is 83.0 Å². The lowest BCUT2D eigenvalue weighted by Gasteiger charge is -2.38. The number of hydrogen-bond donors (Lipinski definition) is 1. The van der Waals surface area contributed by atoms with Gasteiger partial charge in [-0.3, -0.25) is 4.79 Å². The van der Waals surface area contributed by atoms with Gasteiger partial charge in [0.2, 0.25) is 0 Å². The SMILES string of the molecule is Cc1ccc(C=O)cc1N1CC(O)C1. The molecule has 1 fully saturated rings. The van der Waals surface area contributed by atoms with Gasteiger partial charge in [-0.2, -0.15) is 0 Å². The smallest absolute Gasteiger partial charge is 0.150 e. The molecule has 1 saturated heterocycles. The molecule has 1 aliphatic heterocycles. The summed E-state index contributed by atoms with van der Waals surface area (Å²) in [7, 11) is 0. The average Bonchev–Trinajstić information content (AvgIpc) is 2.14. The highest BCUT2D eigenvalue weighted by atomic mass is 16.3. The van der Waals surface area contributed by atoms with Crippen molar-refractivity contribution in [2.45, 2.75) is 13.0 Å².